The highest BCUT2D eigenvalue weighted by atomic mass is 32.1. The molecule has 0 saturated heterocycles. The van der Waals surface area contributed by atoms with Crippen LogP contribution in [0.25, 0.3) is 44.9 Å². The molecule has 2 aliphatic rings. The minimum atomic E-state index is -1.95. The Morgan fingerprint density at radius 2 is 0.659 bits per heavy atom. The molecule has 0 unspecified atom stereocenters. The highest BCUT2D eigenvalue weighted by Crippen LogP contribution is 2.33. The molecular formula is C22H10N8O12S2. The number of aromatic amines is 2. The van der Waals surface area contributed by atoms with Crippen molar-refractivity contribution in [2.75, 3.05) is 0 Å². The van der Waals surface area contributed by atoms with Crippen LogP contribution in [0.5, 0.6) is 0 Å². The Balaban J connectivity index is 2.13. The number of nitrogens with zero attached hydrogens (tertiary/aromatic N) is 6. The van der Waals surface area contributed by atoms with Crippen LogP contribution >= 0.6 is 25.3 Å². The van der Waals surface area contributed by atoms with Gasteiger partial charge in [0, 0.05) is 0 Å². The maximum atomic E-state index is 12.2. The van der Waals surface area contributed by atoms with Gasteiger partial charge in [-0.1, -0.05) is 0 Å². The van der Waals surface area contributed by atoms with Gasteiger partial charge in [-0.25, -0.2) is 58.7 Å². The van der Waals surface area contributed by atoms with E-state index >= 15 is 0 Å². The smallest absolute Gasteiger partial charge is 0.340 e. The molecule has 0 atom stereocenters. The van der Waals surface area contributed by atoms with E-state index in [1.165, 1.54) is 0 Å². The molecule has 8 bridgehead atoms. The zero-order chi connectivity index (χ0) is 32.4. The fourth-order valence-corrected chi connectivity index (χ4v) is 4.53. The lowest BCUT2D eigenvalue weighted by Crippen LogP contribution is -2.08. The van der Waals surface area contributed by atoms with Crippen LogP contribution in [0.15, 0.2) is 9.79 Å². The molecule has 0 aliphatic carbocycles. The van der Waals surface area contributed by atoms with E-state index < -0.39 is 104 Å². The molecule has 20 nitrogen and oxygen atoms in total. The SMILES string of the molecule is O=C(O)C1=C(C(=O)O)c2nc1nc1[nH]c(nc3nc(nc4[nH]c(n2)c(C(=O)O)c4C(=O)O)C(C(=O)O)=C3C(=O)O)c(S)c1S. The normalized spacial score (nSPS) is 12.8. The second kappa shape index (κ2) is 10.3. The summed E-state index contributed by atoms with van der Waals surface area (Å²) in [4.78, 5) is 100. The Morgan fingerprint density at radius 3 is 0.909 bits per heavy atom. The second-order valence-electron chi connectivity index (χ2n) is 8.39. The Kier molecular flexibility index (Phi) is 6.86. The second-order valence-corrected chi connectivity index (χ2v) is 9.28. The van der Waals surface area contributed by atoms with Gasteiger partial charge in [0.25, 0.3) is 0 Å². The number of hydrogen-bond donors (Lipinski definition) is 10. The molecule has 0 fully saturated rings. The number of H-pyrrole nitrogens is 2. The van der Waals surface area contributed by atoms with Crippen molar-refractivity contribution in [2.45, 2.75) is 9.79 Å². The minimum absolute atomic E-state index is 0.134. The Labute approximate surface area is 249 Å². The minimum Gasteiger partial charge on any atom is -0.478 e. The lowest BCUT2D eigenvalue weighted by atomic mass is 10.1. The quantitative estimate of drug-likeness (QED) is 0.158. The molecule has 2 aliphatic heterocycles. The van der Waals surface area contributed by atoms with Crippen LogP contribution < -0.4 is 0 Å². The number of aliphatic carboxylic acids is 4. The molecule has 0 radical (unpaired) electrons. The summed E-state index contributed by atoms with van der Waals surface area (Å²) in [6.45, 7) is 0. The summed E-state index contributed by atoms with van der Waals surface area (Å²) in [5, 5.41) is 58.9. The summed E-state index contributed by atoms with van der Waals surface area (Å²) >= 11 is 8.42. The largest absolute Gasteiger partial charge is 0.478 e. The van der Waals surface area contributed by atoms with Crippen LogP contribution in [-0.2, 0) is 19.2 Å². The van der Waals surface area contributed by atoms with Crippen molar-refractivity contribution in [2.24, 2.45) is 0 Å². The first-order valence-electron chi connectivity index (χ1n) is 11.2. The summed E-state index contributed by atoms with van der Waals surface area (Å²) < 4.78 is 0. The summed E-state index contributed by atoms with van der Waals surface area (Å²) in [5.74, 6) is -14.8. The van der Waals surface area contributed by atoms with Gasteiger partial charge in [0.2, 0.25) is 0 Å². The number of aromatic carboxylic acids is 2. The van der Waals surface area contributed by atoms with Gasteiger partial charge in [-0.05, 0) is 0 Å². The van der Waals surface area contributed by atoms with E-state index in [2.05, 4.69) is 65.1 Å². The highest BCUT2D eigenvalue weighted by molar-refractivity contribution is 7.83. The van der Waals surface area contributed by atoms with E-state index in [4.69, 9.17) is 0 Å². The molecule has 44 heavy (non-hydrogen) atoms. The van der Waals surface area contributed by atoms with E-state index in [-0.39, 0.29) is 21.1 Å². The topological polar surface area (TPSA) is 333 Å². The molecule has 3 aromatic rings. The molecule has 8 N–H and O–H groups in total. The first-order chi connectivity index (χ1) is 20.6. The number of carboxylic acid groups (broad SMARTS) is 6. The van der Waals surface area contributed by atoms with E-state index in [0.29, 0.717) is 0 Å². The van der Waals surface area contributed by atoms with E-state index in [1.807, 2.05) is 0 Å². The molecule has 222 valence electrons. The zero-order valence-electron chi connectivity index (χ0n) is 20.7. The van der Waals surface area contributed by atoms with Crippen LogP contribution in [0.3, 0.4) is 0 Å². The molecule has 0 aromatic carbocycles. The summed E-state index contributed by atoms with van der Waals surface area (Å²) in [6, 6.07) is 0. The Hall–Kier alpha value is -6.16. The van der Waals surface area contributed by atoms with Gasteiger partial charge in [0.15, 0.2) is 23.3 Å². The van der Waals surface area contributed by atoms with Crippen LogP contribution in [-0.4, -0.2) is 106 Å². The van der Waals surface area contributed by atoms with E-state index in [0.717, 1.165) is 0 Å². The predicted octanol–water partition coefficient (Wildman–Crippen LogP) is 0.0286. The van der Waals surface area contributed by atoms with Crippen LogP contribution in [0, 0.1) is 0 Å². The zero-order valence-corrected chi connectivity index (χ0v) is 22.5. The van der Waals surface area contributed by atoms with Gasteiger partial charge < -0.3 is 40.6 Å². The average Bonchev–Trinajstić information content (AvgIpc) is 3.63. The molecular weight excluding hydrogens is 632 g/mol. The Morgan fingerprint density at radius 1 is 0.409 bits per heavy atom. The Bertz CT molecular complexity index is 2030. The van der Waals surface area contributed by atoms with Crippen molar-refractivity contribution in [3.05, 3.63) is 34.4 Å². The maximum Gasteiger partial charge on any atom is 0.340 e. The lowest BCUT2D eigenvalue weighted by Gasteiger charge is -1.97. The van der Waals surface area contributed by atoms with Gasteiger partial charge in [-0.15, -0.1) is 25.3 Å². The standard InChI is InChI=1S/C22H10N8O12S2/c31-17(32)1-2(18(33)34)10-23-9(1)24-11-3(19(35)36)5(21(39)40)13(26-11)28-15-7(43)8(44)16(30-15)29-14-6(22(41)42)4(20(37)38)12(25-10)27-14/h43-44H,(H,31,32)(H,33,34)(H,35,36)(H,37,38)(H,39,40)(H,41,42)(H2,23,24,25,26,27,28,29,30). The highest BCUT2D eigenvalue weighted by Gasteiger charge is 2.36. The predicted molar refractivity (Wildman–Crippen MR) is 145 cm³/mol. The maximum absolute atomic E-state index is 12.2. The van der Waals surface area contributed by atoms with Gasteiger partial charge in [0.1, 0.15) is 56.0 Å². The van der Waals surface area contributed by atoms with Gasteiger partial charge in [0.05, 0.1) is 9.79 Å². The van der Waals surface area contributed by atoms with Crippen LogP contribution in [0.2, 0.25) is 0 Å². The molecule has 22 heteroatoms. The summed E-state index contributed by atoms with van der Waals surface area (Å²) in [5.41, 5.74) is -8.89. The van der Waals surface area contributed by atoms with Crippen molar-refractivity contribution >= 4 is 106 Å². The first kappa shape index (κ1) is 29.3. The third-order valence-corrected chi connectivity index (χ3v) is 6.89. The third kappa shape index (κ3) is 4.54. The summed E-state index contributed by atoms with van der Waals surface area (Å²) in [6.07, 6.45) is 0. The fourth-order valence-electron chi connectivity index (χ4n) is 4.10. The monoisotopic (exact) mass is 642 g/mol. The van der Waals surface area contributed by atoms with Gasteiger partial charge in [-0.2, -0.15) is 0 Å². The number of carbonyl (C=O) groups is 6. The molecule has 0 saturated carbocycles. The average molecular weight is 643 g/mol. The lowest BCUT2D eigenvalue weighted by molar-refractivity contribution is -0.132. The number of thiol groups is 2. The number of rotatable bonds is 6. The number of fused-ring (bicyclic) bond motifs is 8. The van der Waals surface area contributed by atoms with E-state index in [9.17, 15) is 59.4 Å². The fraction of sp³-hybridized carbons (Fsp3) is 0. The number of hydrogen-bond acceptors (Lipinski definition) is 14. The van der Waals surface area contributed by atoms with Crippen molar-refractivity contribution in [1.29, 1.82) is 0 Å². The molecule has 5 heterocycles. The number of aromatic nitrogens is 8. The molecule has 3 aromatic heterocycles. The van der Waals surface area contributed by atoms with Crippen LogP contribution in [0.4, 0.5) is 0 Å². The van der Waals surface area contributed by atoms with Crippen LogP contribution in [0.1, 0.15) is 44.0 Å². The molecule has 5 rings (SSSR count). The van der Waals surface area contributed by atoms with Crippen molar-refractivity contribution in [3.63, 3.8) is 0 Å². The summed E-state index contributed by atoms with van der Waals surface area (Å²) in [7, 11) is 0. The number of nitrogens with one attached hydrogen (secondary N) is 2. The first-order valence-corrected chi connectivity index (χ1v) is 12.1. The van der Waals surface area contributed by atoms with Gasteiger partial charge >= 0.3 is 35.8 Å². The van der Waals surface area contributed by atoms with Crippen molar-refractivity contribution in [1.82, 2.24) is 39.9 Å². The van der Waals surface area contributed by atoms with Crippen molar-refractivity contribution < 1.29 is 59.4 Å². The van der Waals surface area contributed by atoms with Gasteiger partial charge in [-0.3, -0.25) is 0 Å². The third-order valence-electron chi connectivity index (χ3n) is 5.84. The molecule has 0 spiro atoms. The van der Waals surface area contributed by atoms with Crippen molar-refractivity contribution in [3.8, 4) is 0 Å². The number of carboxylic acids is 6. The van der Waals surface area contributed by atoms with E-state index in [1.54, 1.807) is 0 Å². The molecule has 0 amide bonds.